The monoisotopic (exact) mass is 370 g/mol. The molecule has 0 aromatic heterocycles. The highest BCUT2D eigenvalue weighted by Crippen LogP contribution is 2.32. The van der Waals surface area contributed by atoms with Crippen LogP contribution in [0.25, 0.3) is 6.08 Å². The molecule has 0 aliphatic carbocycles. The van der Waals surface area contributed by atoms with E-state index in [-0.39, 0.29) is 10.2 Å². The van der Waals surface area contributed by atoms with E-state index in [2.05, 4.69) is 0 Å². The van der Waals surface area contributed by atoms with Gasteiger partial charge in [-0.25, -0.2) is 0 Å². The second-order valence-corrected chi connectivity index (χ2v) is 6.92. The Kier molecular flexibility index (Phi) is 6.04. The van der Waals surface area contributed by atoms with Gasteiger partial charge in [0.1, 0.15) is 10.9 Å². The lowest BCUT2D eigenvalue weighted by atomic mass is 10.2. The maximum atomic E-state index is 12.2. The molecule has 1 fully saturated rings. The van der Waals surface area contributed by atoms with Gasteiger partial charge >= 0.3 is 5.97 Å². The second kappa shape index (κ2) is 7.81. The third-order valence-electron chi connectivity index (χ3n) is 3.22. The Morgan fingerprint density at radius 2 is 2.09 bits per heavy atom. The molecule has 1 heterocycles. The molecule has 0 spiro atoms. The highest BCUT2D eigenvalue weighted by atomic mass is 35.5. The van der Waals surface area contributed by atoms with E-state index in [4.69, 9.17) is 28.9 Å². The molecule has 122 valence electrons. The molecule has 5 nitrogen and oxygen atoms in total. The van der Waals surface area contributed by atoms with E-state index < -0.39 is 12.5 Å². The van der Waals surface area contributed by atoms with E-state index in [1.807, 2.05) is 36.2 Å². The summed E-state index contributed by atoms with van der Waals surface area (Å²) in [4.78, 5) is 26.5. The number of halogens is 1. The average Bonchev–Trinajstić information content (AvgIpc) is 2.75. The van der Waals surface area contributed by atoms with Crippen LogP contribution >= 0.6 is 35.6 Å². The Morgan fingerprint density at radius 1 is 1.43 bits per heavy atom. The number of aliphatic carboxylic acids is 1. The molecule has 1 amide bonds. The van der Waals surface area contributed by atoms with Crippen LogP contribution in [0.2, 0.25) is 0 Å². The first-order valence-corrected chi connectivity index (χ1v) is 8.52. The predicted octanol–water partition coefficient (Wildman–Crippen LogP) is 2.65. The first-order chi connectivity index (χ1) is 10.9. The van der Waals surface area contributed by atoms with Gasteiger partial charge in [-0.15, -0.1) is 11.6 Å². The van der Waals surface area contributed by atoms with Crippen molar-refractivity contribution in [3.8, 4) is 0 Å². The van der Waals surface area contributed by atoms with Gasteiger partial charge in [0.15, 0.2) is 0 Å². The molecule has 0 saturated carbocycles. The van der Waals surface area contributed by atoms with E-state index in [1.165, 1.54) is 0 Å². The van der Waals surface area contributed by atoms with E-state index in [0.717, 1.165) is 34.5 Å². The summed E-state index contributed by atoms with van der Waals surface area (Å²) in [5, 5.41) is 8.82. The molecule has 0 bridgehead atoms. The number of carbonyl (C=O) groups is 2. The maximum absolute atomic E-state index is 12.2. The van der Waals surface area contributed by atoms with Crippen molar-refractivity contribution in [2.24, 2.45) is 0 Å². The van der Waals surface area contributed by atoms with Gasteiger partial charge in [0.2, 0.25) is 0 Å². The Morgan fingerprint density at radius 3 is 2.65 bits per heavy atom. The summed E-state index contributed by atoms with van der Waals surface area (Å²) in [5.41, 5.74) is 1.88. The number of hydrogen-bond acceptors (Lipinski definition) is 5. The van der Waals surface area contributed by atoms with E-state index >= 15 is 0 Å². The number of nitrogens with zero attached hydrogens (tertiary/aromatic N) is 2. The molecule has 0 unspecified atom stereocenters. The smallest absolute Gasteiger partial charge is 0.323 e. The van der Waals surface area contributed by atoms with Crippen LogP contribution in [0, 0.1) is 0 Å². The van der Waals surface area contributed by atoms with Crippen molar-refractivity contribution >= 4 is 63.5 Å². The van der Waals surface area contributed by atoms with Gasteiger partial charge in [-0.2, -0.15) is 0 Å². The second-order valence-electron chi connectivity index (χ2n) is 4.86. The van der Waals surface area contributed by atoms with Crippen LogP contribution in [0.5, 0.6) is 0 Å². The van der Waals surface area contributed by atoms with Gasteiger partial charge in [0.05, 0.1) is 4.91 Å². The summed E-state index contributed by atoms with van der Waals surface area (Å²) in [6.07, 6.45) is 1.71. The number of alkyl halides is 1. The molecule has 8 heteroatoms. The van der Waals surface area contributed by atoms with Crippen LogP contribution in [0.15, 0.2) is 29.2 Å². The number of anilines is 1. The zero-order valence-corrected chi connectivity index (χ0v) is 14.7. The fourth-order valence-electron chi connectivity index (χ4n) is 2.00. The summed E-state index contributed by atoms with van der Waals surface area (Å²) in [5.74, 6) is -0.912. The first-order valence-electron chi connectivity index (χ1n) is 6.76. The molecule has 0 atom stereocenters. The van der Waals surface area contributed by atoms with E-state index in [9.17, 15) is 9.59 Å². The van der Waals surface area contributed by atoms with Crippen LogP contribution in [-0.2, 0) is 9.59 Å². The molecule has 1 aromatic rings. The summed E-state index contributed by atoms with van der Waals surface area (Å²) < 4.78 is 0.266. The standard InChI is InChI=1S/C15H15ClN2O3S2/c1-17(7-6-16)11-4-2-10(3-5-11)8-12-14(21)18(9-13(19)20)15(22)23-12/h2-5,8H,6-7,9H2,1H3,(H,19,20)/b12-8-. The lowest BCUT2D eigenvalue weighted by molar-refractivity contribution is -0.140. The highest BCUT2D eigenvalue weighted by molar-refractivity contribution is 8.26. The number of carboxylic acid groups (broad SMARTS) is 1. The van der Waals surface area contributed by atoms with Crippen molar-refractivity contribution in [2.45, 2.75) is 0 Å². The molecule has 1 aliphatic heterocycles. The van der Waals surface area contributed by atoms with Crippen molar-refractivity contribution in [2.75, 3.05) is 30.9 Å². The Hall–Kier alpha value is -1.57. The lowest BCUT2D eigenvalue weighted by Gasteiger charge is -2.17. The van der Waals surface area contributed by atoms with Crippen molar-refractivity contribution in [3.63, 3.8) is 0 Å². The SMILES string of the molecule is CN(CCCl)c1ccc(/C=C2\SC(=S)N(CC(=O)O)C2=O)cc1. The summed E-state index contributed by atoms with van der Waals surface area (Å²) in [6, 6.07) is 7.67. The molecule has 1 aromatic carbocycles. The molecule has 0 radical (unpaired) electrons. The number of rotatable bonds is 6. The zero-order chi connectivity index (χ0) is 17.0. The van der Waals surface area contributed by atoms with Gasteiger partial charge in [-0.1, -0.05) is 36.1 Å². The summed E-state index contributed by atoms with van der Waals surface area (Å²) >= 11 is 11.9. The number of thiocarbonyl (C=S) groups is 1. The molecular formula is C15H15ClN2O3S2. The van der Waals surface area contributed by atoms with Crippen molar-refractivity contribution < 1.29 is 14.7 Å². The van der Waals surface area contributed by atoms with E-state index in [1.54, 1.807) is 6.08 Å². The lowest BCUT2D eigenvalue weighted by Crippen LogP contribution is -2.33. The van der Waals surface area contributed by atoms with E-state index in [0.29, 0.717) is 10.8 Å². The Balaban J connectivity index is 2.14. The van der Waals surface area contributed by atoms with Crippen LogP contribution in [0.4, 0.5) is 5.69 Å². The fraction of sp³-hybridized carbons (Fsp3) is 0.267. The highest BCUT2D eigenvalue weighted by Gasteiger charge is 2.33. The van der Waals surface area contributed by atoms with Crippen LogP contribution in [0.3, 0.4) is 0 Å². The number of amides is 1. The van der Waals surface area contributed by atoms with Crippen LogP contribution < -0.4 is 4.90 Å². The summed E-state index contributed by atoms with van der Waals surface area (Å²) in [7, 11) is 1.95. The molecule has 2 rings (SSSR count). The third-order valence-corrected chi connectivity index (χ3v) is 4.77. The van der Waals surface area contributed by atoms with Crippen LogP contribution in [0.1, 0.15) is 5.56 Å². The minimum atomic E-state index is -1.09. The minimum absolute atomic E-state index is 0.266. The predicted molar refractivity (Wildman–Crippen MR) is 97.9 cm³/mol. The van der Waals surface area contributed by atoms with Gasteiger partial charge < -0.3 is 10.0 Å². The number of hydrogen-bond donors (Lipinski definition) is 1. The number of carbonyl (C=O) groups excluding carboxylic acids is 1. The van der Waals surface area contributed by atoms with Gasteiger partial charge in [-0.05, 0) is 23.8 Å². The Labute approximate surface area is 148 Å². The normalized spacial score (nSPS) is 16.3. The number of thioether (sulfide) groups is 1. The molecule has 1 N–H and O–H groups in total. The number of benzene rings is 1. The van der Waals surface area contributed by atoms with Crippen molar-refractivity contribution in [1.29, 1.82) is 0 Å². The molecule has 1 aliphatic rings. The van der Waals surface area contributed by atoms with Gasteiger partial charge in [0.25, 0.3) is 5.91 Å². The fourth-order valence-corrected chi connectivity index (χ4v) is 3.51. The summed E-state index contributed by atoms with van der Waals surface area (Å²) in [6.45, 7) is 0.332. The average molecular weight is 371 g/mol. The van der Waals surface area contributed by atoms with Crippen molar-refractivity contribution in [3.05, 3.63) is 34.7 Å². The maximum Gasteiger partial charge on any atom is 0.323 e. The van der Waals surface area contributed by atoms with Gasteiger partial charge in [0, 0.05) is 25.2 Å². The quantitative estimate of drug-likeness (QED) is 0.472. The Bertz CT molecular complexity index is 661. The first kappa shape index (κ1) is 17.8. The minimum Gasteiger partial charge on any atom is -0.480 e. The largest absolute Gasteiger partial charge is 0.480 e. The van der Waals surface area contributed by atoms with Crippen LogP contribution in [-0.4, -0.2) is 52.2 Å². The topological polar surface area (TPSA) is 60.9 Å². The molecule has 23 heavy (non-hydrogen) atoms. The molecular weight excluding hydrogens is 356 g/mol. The third kappa shape index (κ3) is 4.46. The zero-order valence-electron chi connectivity index (χ0n) is 12.4. The van der Waals surface area contributed by atoms with Gasteiger partial charge in [-0.3, -0.25) is 14.5 Å². The number of carboxylic acids is 1. The van der Waals surface area contributed by atoms with Crippen molar-refractivity contribution in [1.82, 2.24) is 4.90 Å². The molecule has 1 saturated heterocycles.